The van der Waals surface area contributed by atoms with Gasteiger partial charge in [-0.3, -0.25) is 4.90 Å². The first-order chi connectivity index (χ1) is 13.2. The van der Waals surface area contributed by atoms with Crippen molar-refractivity contribution < 1.29 is 14.6 Å². The smallest absolute Gasteiger partial charge is 0.410 e. The fourth-order valence-corrected chi connectivity index (χ4v) is 3.96. The van der Waals surface area contributed by atoms with Crippen molar-refractivity contribution in [2.75, 3.05) is 50.8 Å². The van der Waals surface area contributed by atoms with Crippen molar-refractivity contribution in [3.63, 3.8) is 0 Å². The summed E-state index contributed by atoms with van der Waals surface area (Å²) < 4.78 is 5.49. The van der Waals surface area contributed by atoms with Gasteiger partial charge in [-0.2, -0.15) is 0 Å². The Labute approximate surface area is 169 Å². The molecule has 28 heavy (non-hydrogen) atoms. The van der Waals surface area contributed by atoms with E-state index in [1.807, 2.05) is 25.7 Å². The van der Waals surface area contributed by atoms with Crippen molar-refractivity contribution in [3.05, 3.63) is 29.3 Å². The van der Waals surface area contributed by atoms with Crippen molar-refractivity contribution in [3.8, 4) is 0 Å². The number of ether oxygens (including phenoxy) is 1. The standard InChI is InChI=1S/C22H35N3O3/c1-17-5-6-19(20(13-17)25-8-7-18(14-25)16-26)15-23-9-11-24(12-10-23)21(27)28-22(2,3)4/h5-6,13,18,26H,7-12,14-16H2,1-4H3. The molecular formula is C22H35N3O3. The van der Waals surface area contributed by atoms with Crippen LogP contribution in [0, 0.1) is 12.8 Å². The number of rotatable bonds is 4. The summed E-state index contributed by atoms with van der Waals surface area (Å²) in [6.45, 7) is 14.0. The third-order valence-corrected chi connectivity index (χ3v) is 5.54. The number of aryl methyl sites for hydroxylation is 1. The van der Waals surface area contributed by atoms with Crippen molar-refractivity contribution >= 4 is 11.8 Å². The first-order valence-corrected chi connectivity index (χ1v) is 10.4. The van der Waals surface area contributed by atoms with Crippen molar-refractivity contribution in [2.24, 2.45) is 5.92 Å². The lowest BCUT2D eigenvalue weighted by Crippen LogP contribution is -2.49. The van der Waals surface area contributed by atoms with Gasteiger partial charge in [-0.1, -0.05) is 12.1 Å². The largest absolute Gasteiger partial charge is 0.444 e. The fraction of sp³-hybridized carbons (Fsp3) is 0.682. The van der Waals surface area contributed by atoms with E-state index in [1.54, 1.807) is 0 Å². The quantitative estimate of drug-likeness (QED) is 0.858. The first kappa shape index (κ1) is 20.9. The molecule has 0 bridgehead atoms. The third kappa shape index (κ3) is 5.39. The van der Waals surface area contributed by atoms with E-state index < -0.39 is 5.60 Å². The predicted octanol–water partition coefficient (Wildman–Crippen LogP) is 2.87. The number of anilines is 1. The second-order valence-electron chi connectivity index (χ2n) is 9.16. The molecule has 156 valence electrons. The molecular weight excluding hydrogens is 354 g/mol. The maximum Gasteiger partial charge on any atom is 0.410 e. The number of piperazine rings is 1. The minimum atomic E-state index is -0.451. The molecule has 2 aliphatic rings. The molecule has 1 N–H and O–H groups in total. The molecule has 2 heterocycles. The van der Waals surface area contributed by atoms with Crippen LogP contribution in [0.5, 0.6) is 0 Å². The predicted molar refractivity (Wildman–Crippen MR) is 112 cm³/mol. The maximum atomic E-state index is 12.3. The van der Waals surface area contributed by atoms with Gasteiger partial charge in [0.15, 0.2) is 0 Å². The summed E-state index contributed by atoms with van der Waals surface area (Å²) in [5.41, 5.74) is 3.44. The van der Waals surface area contributed by atoms with E-state index in [0.29, 0.717) is 19.0 Å². The van der Waals surface area contributed by atoms with Crippen LogP contribution in [0.2, 0.25) is 0 Å². The highest BCUT2D eigenvalue weighted by atomic mass is 16.6. The highest BCUT2D eigenvalue weighted by Gasteiger charge is 2.27. The molecule has 1 unspecified atom stereocenters. The minimum Gasteiger partial charge on any atom is -0.444 e. The second-order valence-corrected chi connectivity index (χ2v) is 9.16. The number of hydrogen-bond donors (Lipinski definition) is 1. The summed E-state index contributed by atoms with van der Waals surface area (Å²) >= 11 is 0. The Hall–Kier alpha value is -1.79. The fourth-order valence-electron chi connectivity index (χ4n) is 3.96. The van der Waals surface area contributed by atoms with Crippen LogP contribution in [0.1, 0.15) is 38.3 Å². The van der Waals surface area contributed by atoms with Gasteiger partial charge in [0.1, 0.15) is 5.60 Å². The Balaban J connectivity index is 1.60. The van der Waals surface area contributed by atoms with Crippen LogP contribution in [0.25, 0.3) is 0 Å². The van der Waals surface area contributed by atoms with E-state index in [0.717, 1.165) is 39.1 Å². The monoisotopic (exact) mass is 389 g/mol. The Morgan fingerprint density at radius 2 is 1.89 bits per heavy atom. The van der Waals surface area contributed by atoms with E-state index in [2.05, 4.69) is 34.9 Å². The minimum absolute atomic E-state index is 0.213. The summed E-state index contributed by atoms with van der Waals surface area (Å²) in [5, 5.41) is 9.48. The van der Waals surface area contributed by atoms with Gasteiger partial charge >= 0.3 is 6.09 Å². The summed E-state index contributed by atoms with van der Waals surface area (Å²) in [6.07, 6.45) is 0.841. The van der Waals surface area contributed by atoms with Crippen molar-refractivity contribution in [1.82, 2.24) is 9.80 Å². The lowest BCUT2D eigenvalue weighted by molar-refractivity contribution is 0.0139. The van der Waals surface area contributed by atoms with Gasteiger partial charge in [0, 0.05) is 64.0 Å². The van der Waals surface area contributed by atoms with Crippen LogP contribution in [0.4, 0.5) is 10.5 Å². The summed E-state index contributed by atoms with van der Waals surface area (Å²) in [6, 6.07) is 6.68. The van der Waals surface area contributed by atoms with Gasteiger partial charge in [0.2, 0.25) is 0 Å². The average Bonchev–Trinajstić information content (AvgIpc) is 3.11. The van der Waals surface area contributed by atoms with Gasteiger partial charge in [0.25, 0.3) is 0 Å². The third-order valence-electron chi connectivity index (χ3n) is 5.54. The molecule has 0 radical (unpaired) electrons. The van der Waals surface area contributed by atoms with E-state index in [-0.39, 0.29) is 12.7 Å². The lowest BCUT2D eigenvalue weighted by atomic mass is 10.1. The van der Waals surface area contributed by atoms with Crippen LogP contribution in [-0.4, -0.2) is 72.5 Å². The molecule has 3 rings (SSSR count). The summed E-state index contributed by atoms with van der Waals surface area (Å²) in [7, 11) is 0. The topological polar surface area (TPSA) is 56.2 Å². The Morgan fingerprint density at radius 1 is 1.18 bits per heavy atom. The normalized spacial score (nSPS) is 21.2. The number of nitrogens with zero attached hydrogens (tertiary/aromatic N) is 3. The van der Waals surface area contributed by atoms with Crippen molar-refractivity contribution in [2.45, 2.75) is 46.3 Å². The van der Waals surface area contributed by atoms with Crippen LogP contribution in [-0.2, 0) is 11.3 Å². The number of aliphatic hydroxyl groups excluding tert-OH is 1. The highest BCUT2D eigenvalue weighted by molar-refractivity contribution is 5.68. The van der Waals surface area contributed by atoms with Crippen LogP contribution < -0.4 is 4.90 Å². The number of benzene rings is 1. The molecule has 2 aliphatic heterocycles. The Kier molecular flexibility index (Phi) is 6.50. The maximum absolute atomic E-state index is 12.3. The highest BCUT2D eigenvalue weighted by Crippen LogP contribution is 2.29. The summed E-state index contributed by atoms with van der Waals surface area (Å²) in [4.78, 5) is 18.9. The van der Waals surface area contributed by atoms with Gasteiger partial charge in [-0.25, -0.2) is 4.79 Å². The summed E-state index contributed by atoms with van der Waals surface area (Å²) in [5.74, 6) is 0.380. The zero-order chi connectivity index (χ0) is 20.3. The van der Waals surface area contributed by atoms with E-state index in [9.17, 15) is 9.90 Å². The Morgan fingerprint density at radius 3 is 2.50 bits per heavy atom. The van der Waals surface area contributed by atoms with E-state index >= 15 is 0 Å². The average molecular weight is 390 g/mol. The molecule has 0 spiro atoms. The number of carbonyl (C=O) groups excluding carboxylic acids is 1. The zero-order valence-electron chi connectivity index (χ0n) is 17.8. The van der Waals surface area contributed by atoms with Crippen LogP contribution in [0.3, 0.4) is 0 Å². The molecule has 1 atom stereocenters. The number of hydrogen-bond acceptors (Lipinski definition) is 5. The van der Waals surface area contributed by atoms with Gasteiger partial charge in [-0.15, -0.1) is 0 Å². The van der Waals surface area contributed by atoms with Crippen LogP contribution >= 0.6 is 0 Å². The number of carbonyl (C=O) groups is 1. The molecule has 6 heteroatoms. The van der Waals surface area contributed by atoms with E-state index in [4.69, 9.17) is 4.74 Å². The van der Waals surface area contributed by atoms with Gasteiger partial charge in [0.05, 0.1) is 0 Å². The molecule has 1 aromatic rings. The number of aliphatic hydroxyl groups is 1. The van der Waals surface area contributed by atoms with Crippen molar-refractivity contribution in [1.29, 1.82) is 0 Å². The molecule has 6 nitrogen and oxygen atoms in total. The van der Waals surface area contributed by atoms with Gasteiger partial charge in [-0.05, 0) is 51.3 Å². The van der Waals surface area contributed by atoms with E-state index in [1.165, 1.54) is 16.8 Å². The lowest BCUT2D eigenvalue weighted by Gasteiger charge is -2.36. The van der Waals surface area contributed by atoms with Crippen LogP contribution in [0.15, 0.2) is 18.2 Å². The Bertz CT molecular complexity index is 678. The van der Waals surface area contributed by atoms with Gasteiger partial charge < -0.3 is 19.6 Å². The molecule has 2 fully saturated rings. The molecule has 0 aromatic heterocycles. The SMILES string of the molecule is Cc1ccc(CN2CCN(C(=O)OC(C)(C)C)CC2)c(N2CCC(CO)C2)c1. The number of amides is 1. The zero-order valence-corrected chi connectivity index (χ0v) is 17.8. The second kappa shape index (κ2) is 8.70. The molecule has 0 aliphatic carbocycles. The molecule has 1 amide bonds. The molecule has 1 aromatic carbocycles. The first-order valence-electron chi connectivity index (χ1n) is 10.4. The molecule has 0 saturated carbocycles. The molecule has 2 saturated heterocycles.